The number of carboxylic acids is 1. The van der Waals surface area contributed by atoms with Crippen LogP contribution >= 0.6 is 15.9 Å². The molecule has 0 saturated carbocycles. The van der Waals surface area contributed by atoms with Gasteiger partial charge in [0.2, 0.25) is 0 Å². The quantitative estimate of drug-likeness (QED) is 0.765. The molecule has 0 radical (unpaired) electrons. The van der Waals surface area contributed by atoms with Gasteiger partial charge in [0.15, 0.2) is 0 Å². The number of halogens is 1. The van der Waals surface area contributed by atoms with Crippen molar-refractivity contribution in [3.63, 3.8) is 0 Å². The number of anilines is 1. The van der Waals surface area contributed by atoms with Gasteiger partial charge in [0, 0.05) is 17.1 Å². The summed E-state index contributed by atoms with van der Waals surface area (Å²) in [7, 11) is 3.84. The summed E-state index contributed by atoms with van der Waals surface area (Å²) < 4.78 is 0.623. The number of carbonyl (C=O) groups is 2. The van der Waals surface area contributed by atoms with Crippen LogP contribution in [0.3, 0.4) is 0 Å². The second kappa shape index (κ2) is 7.25. The number of hydrogen-bond acceptors (Lipinski definition) is 3. The maximum Gasteiger partial charge on any atom is 0.335 e. The van der Waals surface area contributed by atoms with Crippen molar-refractivity contribution in [3.8, 4) is 0 Å². The number of nitrogens with one attached hydrogen (secondary N) is 2. The molecule has 1 unspecified atom stereocenters. The minimum absolute atomic E-state index is 0.0218. The molecule has 0 bridgehead atoms. The van der Waals surface area contributed by atoms with Crippen molar-refractivity contribution in [2.75, 3.05) is 26.0 Å². The van der Waals surface area contributed by atoms with Gasteiger partial charge in [-0.15, -0.1) is 0 Å². The van der Waals surface area contributed by atoms with Gasteiger partial charge in [-0.25, -0.2) is 9.59 Å². The summed E-state index contributed by atoms with van der Waals surface area (Å²) in [5.74, 6) is -1.04. The molecule has 0 aliphatic carbocycles. The highest BCUT2D eigenvalue weighted by Gasteiger charge is 2.12. The first-order valence-corrected chi connectivity index (χ1v) is 6.84. The van der Waals surface area contributed by atoms with Gasteiger partial charge < -0.3 is 20.6 Å². The van der Waals surface area contributed by atoms with Crippen molar-refractivity contribution in [3.05, 3.63) is 28.2 Å². The van der Waals surface area contributed by atoms with Gasteiger partial charge in [-0.2, -0.15) is 0 Å². The molecule has 20 heavy (non-hydrogen) atoms. The van der Waals surface area contributed by atoms with Gasteiger partial charge in [0.05, 0.1) is 11.3 Å². The van der Waals surface area contributed by atoms with Crippen LogP contribution in [-0.4, -0.2) is 48.7 Å². The molecule has 1 rings (SSSR count). The van der Waals surface area contributed by atoms with Crippen LogP contribution < -0.4 is 10.6 Å². The van der Waals surface area contributed by atoms with E-state index < -0.39 is 5.97 Å². The molecule has 2 amide bonds. The Morgan fingerprint density at radius 3 is 2.60 bits per heavy atom. The highest BCUT2D eigenvalue weighted by Crippen LogP contribution is 2.23. The number of aromatic carboxylic acids is 1. The van der Waals surface area contributed by atoms with Crippen LogP contribution in [0.25, 0.3) is 0 Å². The Balaban J connectivity index is 2.70. The van der Waals surface area contributed by atoms with Gasteiger partial charge in [-0.05, 0) is 55.1 Å². The SMILES string of the molecule is CC(CN(C)C)NC(=O)Nc1cc(C(=O)O)ccc1Br. The van der Waals surface area contributed by atoms with Crippen molar-refractivity contribution < 1.29 is 14.7 Å². The van der Waals surface area contributed by atoms with E-state index in [1.54, 1.807) is 6.07 Å². The molecule has 1 aromatic carbocycles. The van der Waals surface area contributed by atoms with E-state index in [-0.39, 0.29) is 17.6 Å². The fraction of sp³-hybridized carbons (Fsp3) is 0.385. The summed E-state index contributed by atoms with van der Waals surface area (Å²) in [5, 5.41) is 14.3. The Morgan fingerprint density at radius 2 is 2.05 bits per heavy atom. The number of likely N-dealkylation sites (N-methyl/N-ethyl adjacent to an activating group) is 1. The van der Waals surface area contributed by atoms with E-state index in [1.807, 2.05) is 25.9 Å². The third-order valence-corrected chi connectivity index (χ3v) is 3.17. The molecule has 0 aliphatic heterocycles. The Kier molecular flexibility index (Phi) is 5.97. The summed E-state index contributed by atoms with van der Waals surface area (Å²) >= 11 is 3.27. The highest BCUT2D eigenvalue weighted by atomic mass is 79.9. The predicted molar refractivity (Wildman–Crippen MR) is 81.3 cm³/mol. The first kappa shape index (κ1) is 16.5. The molecule has 0 heterocycles. The van der Waals surface area contributed by atoms with E-state index in [9.17, 15) is 9.59 Å². The molecule has 0 saturated heterocycles. The van der Waals surface area contributed by atoms with Crippen molar-refractivity contribution >= 4 is 33.6 Å². The molecule has 1 atom stereocenters. The van der Waals surface area contributed by atoms with Crippen LogP contribution in [0.15, 0.2) is 22.7 Å². The zero-order valence-electron chi connectivity index (χ0n) is 11.6. The lowest BCUT2D eigenvalue weighted by molar-refractivity contribution is 0.0697. The van der Waals surface area contributed by atoms with Crippen LogP contribution in [0.4, 0.5) is 10.5 Å². The zero-order valence-corrected chi connectivity index (χ0v) is 13.2. The van der Waals surface area contributed by atoms with Crippen LogP contribution in [0.5, 0.6) is 0 Å². The molecule has 0 aliphatic rings. The van der Waals surface area contributed by atoms with Gasteiger partial charge in [0.1, 0.15) is 0 Å². The van der Waals surface area contributed by atoms with E-state index in [2.05, 4.69) is 26.6 Å². The van der Waals surface area contributed by atoms with Crippen molar-refractivity contribution in [2.45, 2.75) is 13.0 Å². The van der Waals surface area contributed by atoms with E-state index >= 15 is 0 Å². The molecular weight excluding hydrogens is 326 g/mol. The van der Waals surface area contributed by atoms with E-state index in [0.29, 0.717) is 16.7 Å². The molecule has 0 aromatic heterocycles. The monoisotopic (exact) mass is 343 g/mol. The lowest BCUT2D eigenvalue weighted by atomic mass is 10.2. The molecule has 7 heteroatoms. The third-order valence-electron chi connectivity index (χ3n) is 2.48. The Labute approximate surface area is 126 Å². The van der Waals surface area contributed by atoms with Gasteiger partial charge in [0.25, 0.3) is 0 Å². The van der Waals surface area contributed by atoms with Gasteiger partial charge in [-0.3, -0.25) is 0 Å². The number of benzene rings is 1. The smallest absolute Gasteiger partial charge is 0.335 e. The average Bonchev–Trinajstić information content (AvgIpc) is 2.30. The molecule has 110 valence electrons. The van der Waals surface area contributed by atoms with Crippen LogP contribution in [0.1, 0.15) is 17.3 Å². The fourth-order valence-electron chi connectivity index (χ4n) is 1.73. The molecule has 3 N–H and O–H groups in total. The van der Waals surface area contributed by atoms with Crippen LogP contribution in [0.2, 0.25) is 0 Å². The fourth-order valence-corrected chi connectivity index (χ4v) is 2.08. The summed E-state index contributed by atoms with van der Waals surface area (Å²) in [4.78, 5) is 24.7. The largest absolute Gasteiger partial charge is 0.478 e. The number of rotatable bonds is 5. The zero-order chi connectivity index (χ0) is 15.3. The Bertz CT molecular complexity index is 506. The molecule has 1 aromatic rings. The first-order valence-electron chi connectivity index (χ1n) is 6.04. The van der Waals surface area contributed by atoms with Crippen molar-refractivity contribution in [1.82, 2.24) is 10.2 Å². The highest BCUT2D eigenvalue weighted by molar-refractivity contribution is 9.10. The number of urea groups is 1. The van der Waals surface area contributed by atoms with Crippen molar-refractivity contribution in [2.24, 2.45) is 0 Å². The Morgan fingerprint density at radius 1 is 1.40 bits per heavy atom. The summed E-state index contributed by atoms with van der Waals surface area (Å²) in [6.45, 7) is 2.60. The maximum absolute atomic E-state index is 11.8. The molecular formula is C13H18BrN3O3. The molecule has 0 spiro atoms. The number of hydrogen-bond donors (Lipinski definition) is 3. The van der Waals surface area contributed by atoms with Crippen LogP contribution in [-0.2, 0) is 0 Å². The number of nitrogens with zero attached hydrogens (tertiary/aromatic N) is 1. The standard InChI is InChI=1S/C13H18BrN3O3/c1-8(7-17(2)3)15-13(20)16-11-6-9(12(18)19)4-5-10(11)14/h4-6,8H,7H2,1-3H3,(H,18,19)(H2,15,16,20). The minimum Gasteiger partial charge on any atom is -0.478 e. The Hall–Kier alpha value is -1.60. The third kappa shape index (κ3) is 5.18. The number of carbonyl (C=O) groups excluding carboxylic acids is 1. The lowest BCUT2D eigenvalue weighted by Crippen LogP contribution is -2.41. The van der Waals surface area contributed by atoms with E-state index in [1.165, 1.54) is 12.1 Å². The summed E-state index contributed by atoms with van der Waals surface area (Å²) in [6, 6.07) is 4.06. The number of amides is 2. The topological polar surface area (TPSA) is 81.7 Å². The van der Waals surface area contributed by atoms with Crippen LogP contribution in [0, 0.1) is 0 Å². The molecule has 6 nitrogen and oxygen atoms in total. The second-order valence-corrected chi connectivity index (χ2v) is 5.62. The maximum atomic E-state index is 11.8. The van der Waals surface area contributed by atoms with Gasteiger partial charge in [-0.1, -0.05) is 0 Å². The first-order chi connectivity index (χ1) is 9.29. The van der Waals surface area contributed by atoms with Crippen molar-refractivity contribution in [1.29, 1.82) is 0 Å². The van der Waals surface area contributed by atoms with E-state index in [0.717, 1.165) is 0 Å². The molecule has 0 fully saturated rings. The van der Waals surface area contributed by atoms with E-state index in [4.69, 9.17) is 5.11 Å². The summed E-state index contributed by atoms with van der Waals surface area (Å²) in [6.07, 6.45) is 0. The number of carboxylic acid groups (broad SMARTS) is 1. The minimum atomic E-state index is -1.04. The second-order valence-electron chi connectivity index (χ2n) is 4.76. The normalized spacial score (nSPS) is 12.1. The van der Waals surface area contributed by atoms with Gasteiger partial charge >= 0.3 is 12.0 Å². The summed E-state index contributed by atoms with van der Waals surface area (Å²) in [5.41, 5.74) is 0.532. The lowest BCUT2D eigenvalue weighted by Gasteiger charge is -2.19. The average molecular weight is 344 g/mol. The predicted octanol–water partition coefficient (Wildman–Crippen LogP) is 2.22.